The van der Waals surface area contributed by atoms with E-state index in [1.165, 1.54) is 5.56 Å². The first-order chi connectivity index (χ1) is 10.4. The van der Waals surface area contributed by atoms with Crippen LogP contribution in [0.1, 0.15) is 35.7 Å². The van der Waals surface area contributed by atoms with Crippen molar-refractivity contribution in [2.75, 3.05) is 12.4 Å². The molecule has 0 aliphatic heterocycles. The van der Waals surface area contributed by atoms with E-state index in [1.54, 1.807) is 13.2 Å². The zero-order chi connectivity index (χ0) is 16.3. The Morgan fingerprint density at radius 1 is 1.14 bits per heavy atom. The number of halogens is 2. The van der Waals surface area contributed by atoms with Gasteiger partial charge in [-0.15, -0.1) is 0 Å². The quantitative estimate of drug-likeness (QED) is 0.691. The lowest BCUT2D eigenvalue weighted by molar-refractivity contribution is 0.102. The second kappa shape index (κ2) is 7.29. The van der Waals surface area contributed by atoms with E-state index in [0.717, 1.165) is 14.6 Å². The van der Waals surface area contributed by atoms with Gasteiger partial charge in [-0.25, -0.2) is 0 Å². The van der Waals surface area contributed by atoms with E-state index in [2.05, 4.69) is 51.0 Å². The molecule has 3 nitrogen and oxygen atoms in total. The topological polar surface area (TPSA) is 38.3 Å². The smallest absolute Gasteiger partial charge is 0.259 e. The molecule has 1 amide bonds. The van der Waals surface area contributed by atoms with Crippen LogP contribution in [0.25, 0.3) is 0 Å². The number of anilines is 1. The maximum Gasteiger partial charge on any atom is 0.259 e. The van der Waals surface area contributed by atoms with Gasteiger partial charge < -0.3 is 10.1 Å². The number of benzene rings is 2. The first kappa shape index (κ1) is 17.0. The second-order valence-electron chi connectivity index (χ2n) is 5.20. The van der Waals surface area contributed by atoms with Gasteiger partial charge in [0.15, 0.2) is 0 Å². The van der Waals surface area contributed by atoms with Gasteiger partial charge in [-0.05, 0) is 51.7 Å². The SMILES string of the molecule is COc1c(Br)cc(Br)cc1C(=O)Nc1ccc(C(C)C)cc1. The summed E-state index contributed by atoms with van der Waals surface area (Å²) < 4.78 is 6.84. The van der Waals surface area contributed by atoms with Gasteiger partial charge in [0.2, 0.25) is 0 Å². The Labute approximate surface area is 147 Å². The molecule has 0 aliphatic carbocycles. The zero-order valence-electron chi connectivity index (χ0n) is 12.6. The molecule has 0 heterocycles. The fraction of sp³-hybridized carbons (Fsp3) is 0.235. The molecule has 0 fully saturated rings. The summed E-state index contributed by atoms with van der Waals surface area (Å²) in [6.45, 7) is 4.27. The van der Waals surface area contributed by atoms with Gasteiger partial charge >= 0.3 is 0 Å². The highest BCUT2D eigenvalue weighted by Gasteiger charge is 2.16. The van der Waals surface area contributed by atoms with Crippen LogP contribution in [0.4, 0.5) is 5.69 Å². The van der Waals surface area contributed by atoms with Gasteiger partial charge in [0.1, 0.15) is 5.75 Å². The van der Waals surface area contributed by atoms with Crippen LogP contribution in [0.15, 0.2) is 45.3 Å². The fourth-order valence-corrected chi connectivity index (χ4v) is 3.47. The summed E-state index contributed by atoms with van der Waals surface area (Å²) in [4.78, 5) is 12.5. The van der Waals surface area contributed by atoms with Crippen molar-refractivity contribution in [2.45, 2.75) is 19.8 Å². The maximum absolute atomic E-state index is 12.5. The number of nitrogens with one attached hydrogen (secondary N) is 1. The van der Waals surface area contributed by atoms with Crippen LogP contribution in [-0.4, -0.2) is 13.0 Å². The number of rotatable bonds is 4. The Morgan fingerprint density at radius 3 is 2.32 bits per heavy atom. The maximum atomic E-state index is 12.5. The Kier molecular flexibility index (Phi) is 5.64. The molecule has 1 N–H and O–H groups in total. The molecule has 0 spiro atoms. The Hall–Kier alpha value is -1.33. The van der Waals surface area contributed by atoms with Gasteiger partial charge in [0.25, 0.3) is 5.91 Å². The van der Waals surface area contributed by atoms with Gasteiger partial charge in [-0.1, -0.05) is 41.9 Å². The summed E-state index contributed by atoms with van der Waals surface area (Å²) >= 11 is 6.79. The molecule has 0 saturated heterocycles. The average Bonchev–Trinajstić information content (AvgIpc) is 2.47. The number of carbonyl (C=O) groups is 1. The number of hydrogen-bond acceptors (Lipinski definition) is 2. The van der Waals surface area contributed by atoms with Crippen molar-refractivity contribution >= 4 is 43.5 Å². The van der Waals surface area contributed by atoms with E-state index in [4.69, 9.17) is 4.74 Å². The van der Waals surface area contributed by atoms with Crippen molar-refractivity contribution in [3.8, 4) is 5.75 Å². The minimum Gasteiger partial charge on any atom is -0.495 e. The molecule has 0 saturated carbocycles. The molecular formula is C17H17Br2NO2. The molecule has 0 atom stereocenters. The third-order valence-corrected chi connectivity index (χ3v) is 4.34. The van der Waals surface area contributed by atoms with Crippen LogP contribution >= 0.6 is 31.9 Å². The third kappa shape index (κ3) is 3.90. The average molecular weight is 427 g/mol. The first-order valence-corrected chi connectivity index (χ1v) is 8.45. The lowest BCUT2D eigenvalue weighted by atomic mass is 10.0. The van der Waals surface area contributed by atoms with E-state index in [1.807, 2.05) is 30.3 Å². The highest BCUT2D eigenvalue weighted by atomic mass is 79.9. The van der Waals surface area contributed by atoms with Crippen molar-refractivity contribution < 1.29 is 9.53 Å². The molecule has 2 aromatic carbocycles. The number of amides is 1. The van der Waals surface area contributed by atoms with E-state index in [0.29, 0.717) is 17.2 Å². The number of hydrogen-bond donors (Lipinski definition) is 1. The lowest BCUT2D eigenvalue weighted by Crippen LogP contribution is -2.13. The summed E-state index contributed by atoms with van der Waals surface area (Å²) in [6, 6.07) is 11.4. The van der Waals surface area contributed by atoms with Gasteiger partial charge in [0, 0.05) is 10.2 Å². The summed E-state index contributed by atoms with van der Waals surface area (Å²) in [5, 5.41) is 2.89. The van der Waals surface area contributed by atoms with E-state index in [-0.39, 0.29) is 5.91 Å². The largest absolute Gasteiger partial charge is 0.495 e. The summed E-state index contributed by atoms with van der Waals surface area (Å²) in [6.07, 6.45) is 0. The number of ether oxygens (including phenoxy) is 1. The first-order valence-electron chi connectivity index (χ1n) is 6.86. The van der Waals surface area contributed by atoms with Crippen LogP contribution in [0.5, 0.6) is 5.75 Å². The fourth-order valence-electron chi connectivity index (χ4n) is 2.09. The standard InChI is InChI=1S/C17H17Br2NO2/c1-10(2)11-4-6-13(7-5-11)20-17(21)14-8-12(18)9-15(19)16(14)22-3/h4-10H,1-3H3,(H,20,21). The Morgan fingerprint density at radius 2 is 1.77 bits per heavy atom. The number of carbonyl (C=O) groups excluding carboxylic acids is 1. The Bertz CT molecular complexity index is 682. The van der Waals surface area contributed by atoms with Crippen LogP contribution < -0.4 is 10.1 Å². The molecule has 2 rings (SSSR count). The van der Waals surface area contributed by atoms with Crippen molar-refractivity contribution in [3.63, 3.8) is 0 Å². The van der Waals surface area contributed by atoms with Crippen LogP contribution in [0.3, 0.4) is 0 Å². The zero-order valence-corrected chi connectivity index (χ0v) is 15.8. The molecule has 0 unspecified atom stereocenters. The molecule has 0 bridgehead atoms. The minimum atomic E-state index is -0.212. The lowest BCUT2D eigenvalue weighted by Gasteiger charge is -2.12. The normalized spacial score (nSPS) is 10.6. The van der Waals surface area contributed by atoms with Gasteiger partial charge in [-0.3, -0.25) is 4.79 Å². The van der Waals surface area contributed by atoms with Crippen LogP contribution in [0.2, 0.25) is 0 Å². The molecule has 0 aliphatic rings. The molecule has 2 aromatic rings. The molecule has 0 aromatic heterocycles. The summed E-state index contributed by atoms with van der Waals surface area (Å²) in [7, 11) is 1.54. The van der Waals surface area contributed by atoms with Crippen molar-refractivity contribution in [1.29, 1.82) is 0 Å². The molecule has 22 heavy (non-hydrogen) atoms. The van der Waals surface area contributed by atoms with Crippen LogP contribution in [-0.2, 0) is 0 Å². The molecule has 0 radical (unpaired) electrons. The van der Waals surface area contributed by atoms with Gasteiger partial charge in [0.05, 0.1) is 17.1 Å². The minimum absolute atomic E-state index is 0.212. The summed E-state index contributed by atoms with van der Waals surface area (Å²) in [5.74, 6) is 0.765. The highest BCUT2D eigenvalue weighted by Crippen LogP contribution is 2.33. The van der Waals surface area contributed by atoms with Crippen molar-refractivity contribution in [2.24, 2.45) is 0 Å². The monoisotopic (exact) mass is 425 g/mol. The van der Waals surface area contributed by atoms with Crippen molar-refractivity contribution in [1.82, 2.24) is 0 Å². The van der Waals surface area contributed by atoms with E-state index in [9.17, 15) is 4.79 Å². The summed E-state index contributed by atoms with van der Waals surface area (Å²) in [5.41, 5.74) is 2.46. The molecule has 5 heteroatoms. The molecular weight excluding hydrogens is 410 g/mol. The van der Waals surface area contributed by atoms with E-state index < -0.39 is 0 Å². The predicted molar refractivity (Wildman–Crippen MR) is 96.9 cm³/mol. The Balaban J connectivity index is 2.25. The van der Waals surface area contributed by atoms with Crippen LogP contribution in [0, 0.1) is 0 Å². The highest BCUT2D eigenvalue weighted by molar-refractivity contribution is 9.11. The molecule has 116 valence electrons. The third-order valence-electron chi connectivity index (χ3n) is 3.29. The number of methoxy groups -OCH3 is 1. The predicted octanol–water partition coefficient (Wildman–Crippen LogP) is 5.60. The van der Waals surface area contributed by atoms with Gasteiger partial charge in [-0.2, -0.15) is 0 Å². The van der Waals surface area contributed by atoms with Crippen molar-refractivity contribution in [3.05, 3.63) is 56.5 Å². The second-order valence-corrected chi connectivity index (χ2v) is 6.97. The van der Waals surface area contributed by atoms with E-state index >= 15 is 0 Å².